The molecule has 0 aliphatic heterocycles. The summed E-state index contributed by atoms with van der Waals surface area (Å²) in [4.78, 5) is 24.5. The van der Waals surface area contributed by atoms with Gasteiger partial charge in [-0.2, -0.15) is 0 Å². The number of carbonyl (C=O) groups excluding carboxylic acids is 1. The summed E-state index contributed by atoms with van der Waals surface area (Å²) in [6, 6.07) is 16.0. The molecule has 0 bridgehead atoms. The Bertz CT molecular complexity index is 881. The summed E-state index contributed by atoms with van der Waals surface area (Å²) < 4.78 is 6.83. The number of aromatic nitrogens is 1. The minimum absolute atomic E-state index is 0.109. The van der Waals surface area contributed by atoms with Crippen molar-refractivity contribution in [1.29, 1.82) is 0 Å². The molecule has 0 saturated heterocycles. The Morgan fingerprint density at radius 2 is 1.88 bits per heavy atom. The number of carbonyl (C=O) groups is 1. The maximum Gasteiger partial charge on any atom is 0.287 e. The number of benzene rings is 1. The van der Waals surface area contributed by atoms with Gasteiger partial charge in [0.1, 0.15) is 0 Å². The van der Waals surface area contributed by atoms with E-state index in [4.69, 9.17) is 4.42 Å². The molecule has 0 radical (unpaired) electrons. The van der Waals surface area contributed by atoms with Crippen LogP contribution >= 0.6 is 0 Å². The number of hydrogen-bond acceptors (Lipinski definition) is 3. The van der Waals surface area contributed by atoms with Gasteiger partial charge in [-0.25, -0.2) is 0 Å². The summed E-state index contributed by atoms with van der Waals surface area (Å²) in [5, 5.41) is 2.96. The molecule has 5 heteroatoms. The number of furan rings is 1. The minimum Gasteiger partial charge on any atom is -0.459 e. The molecule has 1 amide bonds. The van der Waals surface area contributed by atoms with Crippen molar-refractivity contribution in [2.24, 2.45) is 0 Å². The molecule has 0 aliphatic rings. The molecular formula is C19H18N2O3. The summed E-state index contributed by atoms with van der Waals surface area (Å²) in [5.74, 6) is -0.00771. The highest BCUT2D eigenvalue weighted by Gasteiger charge is 2.19. The number of amides is 1. The molecule has 0 spiro atoms. The molecule has 122 valence electrons. The van der Waals surface area contributed by atoms with Gasteiger partial charge in [0.2, 0.25) is 0 Å². The van der Waals surface area contributed by atoms with Gasteiger partial charge in [0.15, 0.2) is 5.76 Å². The van der Waals surface area contributed by atoms with E-state index in [1.807, 2.05) is 37.3 Å². The van der Waals surface area contributed by atoms with E-state index in [2.05, 4.69) is 5.32 Å². The van der Waals surface area contributed by atoms with Crippen LogP contribution in [0.15, 0.2) is 76.3 Å². The van der Waals surface area contributed by atoms with Gasteiger partial charge in [0.25, 0.3) is 11.5 Å². The maximum absolute atomic E-state index is 12.5. The van der Waals surface area contributed by atoms with Gasteiger partial charge in [-0.15, -0.1) is 0 Å². The van der Waals surface area contributed by atoms with Crippen LogP contribution in [0.5, 0.6) is 0 Å². The Kier molecular flexibility index (Phi) is 4.61. The second-order valence-electron chi connectivity index (χ2n) is 5.56. The maximum atomic E-state index is 12.5. The zero-order chi connectivity index (χ0) is 16.9. The topological polar surface area (TPSA) is 64.2 Å². The molecule has 1 aromatic carbocycles. The monoisotopic (exact) mass is 322 g/mol. The fraction of sp³-hybridized carbons (Fsp3) is 0.158. The first-order valence-electron chi connectivity index (χ1n) is 7.70. The normalized spacial score (nSPS) is 11.9. The van der Waals surface area contributed by atoms with E-state index in [0.29, 0.717) is 6.54 Å². The van der Waals surface area contributed by atoms with Crippen molar-refractivity contribution in [3.05, 3.63) is 94.3 Å². The van der Waals surface area contributed by atoms with Crippen molar-refractivity contribution < 1.29 is 9.21 Å². The van der Waals surface area contributed by atoms with Gasteiger partial charge in [-0.3, -0.25) is 9.59 Å². The highest BCUT2D eigenvalue weighted by Crippen LogP contribution is 2.17. The molecule has 0 unspecified atom stereocenters. The molecule has 5 nitrogen and oxygen atoms in total. The van der Waals surface area contributed by atoms with Gasteiger partial charge >= 0.3 is 0 Å². The summed E-state index contributed by atoms with van der Waals surface area (Å²) in [7, 11) is 0. The molecule has 0 aliphatic carbocycles. The fourth-order valence-electron chi connectivity index (χ4n) is 2.56. The Morgan fingerprint density at radius 1 is 1.12 bits per heavy atom. The average Bonchev–Trinajstić information content (AvgIpc) is 3.03. The van der Waals surface area contributed by atoms with Crippen LogP contribution in [-0.4, -0.2) is 10.5 Å². The largest absolute Gasteiger partial charge is 0.459 e. The molecule has 0 saturated carbocycles. The van der Waals surface area contributed by atoms with E-state index >= 15 is 0 Å². The average molecular weight is 322 g/mol. The second-order valence-corrected chi connectivity index (χ2v) is 5.56. The SMILES string of the molecule is Cc1ccoc1C(=O)N[C@H](Cn1ccccc1=O)c1ccccc1. The third kappa shape index (κ3) is 3.46. The second kappa shape index (κ2) is 7.00. The molecule has 3 aromatic rings. The van der Waals surface area contributed by atoms with Crippen LogP contribution in [-0.2, 0) is 6.54 Å². The van der Waals surface area contributed by atoms with E-state index in [1.54, 1.807) is 29.0 Å². The van der Waals surface area contributed by atoms with Crippen LogP contribution in [0.1, 0.15) is 27.7 Å². The van der Waals surface area contributed by atoms with E-state index in [9.17, 15) is 9.59 Å². The fourth-order valence-corrected chi connectivity index (χ4v) is 2.56. The van der Waals surface area contributed by atoms with Crippen LogP contribution in [0.4, 0.5) is 0 Å². The number of nitrogens with one attached hydrogen (secondary N) is 1. The third-order valence-corrected chi connectivity index (χ3v) is 3.85. The van der Waals surface area contributed by atoms with Crippen molar-refractivity contribution in [3.63, 3.8) is 0 Å². The number of pyridine rings is 1. The zero-order valence-corrected chi connectivity index (χ0v) is 13.3. The van der Waals surface area contributed by atoms with Gasteiger partial charge < -0.3 is 14.3 Å². The number of rotatable bonds is 5. The lowest BCUT2D eigenvalue weighted by Crippen LogP contribution is -2.34. The highest BCUT2D eigenvalue weighted by atomic mass is 16.3. The first-order valence-corrected chi connectivity index (χ1v) is 7.70. The van der Waals surface area contributed by atoms with Gasteiger partial charge in [0.05, 0.1) is 18.8 Å². The lowest BCUT2D eigenvalue weighted by atomic mass is 10.1. The van der Waals surface area contributed by atoms with Crippen molar-refractivity contribution in [2.45, 2.75) is 19.5 Å². The van der Waals surface area contributed by atoms with E-state index < -0.39 is 0 Å². The molecular weight excluding hydrogens is 304 g/mol. The third-order valence-electron chi connectivity index (χ3n) is 3.85. The van der Waals surface area contributed by atoms with Crippen LogP contribution in [0.25, 0.3) is 0 Å². The molecule has 2 aromatic heterocycles. The van der Waals surface area contributed by atoms with Gasteiger partial charge in [0, 0.05) is 17.8 Å². The number of nitrogens with zero attached hydrogens (tertiary/aromatic N) is 1. The predicted molar refractivity (Wildman–Crippen MR) is 90.8 cm³/mol. The Morgan fingerprint density at radius 3 is 2.54 bits per heavy atom. The van der Waals surface area contributed by atoms with Crippen molar-refractivity contribution in [3.8, 4) is 0 Å². The van der Waals surface area contributed by atoms with Gasteiger partial charge in [-0.1, -0.05) is 36.4 Å². The van der Waals surface area contributed by atoms with Crippen molar-refractivity contribution in [2.75, 3.05) is 0 Å². The number of aryl methyl sites for hydroxylation is 1. The lowest BCUT2D eigenvalue weighted by Gasteiger charge is -2.20. The summed E-state index contributed by atoms with van der Waals surface area (Å²) in [5.41, 5.74) is 1.59. The Labute approximate surface area is 139 Å². The number of hydrogen-bond donors (Lipinski definition) is 1. The van der Waals surface area contributed by atoms with Crippen molar-refractivity contribution >= 4 is 5.91 Å². The molecule has 0 fully saturated rings. The zero-order valence-electron chi connectivity index (χ0n) is 13.3. The summed E-state index contributed by atoms with van der Waals surface area (Å²) in [6.45, 7) is 2.16. The molecule has 3 rings (SSSR count). The summed E-state index contributed by atoms with van der Waals surface area (Å²) >= 11 is 0. The van der Waals surface area contributed by atoms with Crippen LogP contribution < -0.4 is 10.9 Å². The molecule has 2 heterocycles. The predicted octanol–water partition coefficient (Wildman–Crippen LogP) is 2.92. The van der Waals surface area contributed by atoms with E-state index in [0.717, 1.165) is 11.1 Å². The van der Waals surface area contributed by atoms with Gasteiger partial charge in [-0.05, 0) is 24.6 Å². The Hall–Kier alpha value is -3.08. The quantitative estimate of drug-likeness (QED) is 0.785. The molecule has 24 heavy (non-hydrogen) atoms. The molecule has 1 atom stereocenters. The molecule has 1 N–H and O–H groups in total. The smallest absolute Gasteiger partial charge is 0.287 e. The Balaban J connectivity index is 1.88. The van der Waals surface area contributed by atoms with Crippen LogP contribution in [0, 0.1) is 6.92 Å². The van der Waals surface area contributed by atoms with Crippen LogP contribution in [0.2, 0.25) is 0 Å². The first-order chi connectivity index (χ1) is 11.6. The lowest BCUT2D eigenvalue weighted by molar-refractivity contribution is 0.0903. The first kappa shape index (κ1) is 15.8. The minimum atomic E-state index is -0.344. The summed E-state index contributed by atoms with van der Waals surface area (Å²) in [6.07, 6.45) is 3.20. The van der Waals surface area contributed by atoms with Crippen LogP contribution in [0.3, 0.4) is 0 Å². The van der Waals surface area contributed by atoms with Crippen molar-refractivity contribution in [1.82, 2.24) is 9.88 Å². The van der Waals surface area contributed by atoms with E-state index in [-0.39, 0.29) is 23.3 Å². The highest BCUT2D eigenvalue weighted by molar-refractivity contribution is 5.93. The van der Waals surface area contributed by atoms with E-state index in [1.165, 1.54) is 12.3 Å². The standard InChI is InChI=1S/C19H18N2O3/c1-14-10-12-24-18(14)19(23)20-16(15-7-3-2-4-8-15)13-21-11-6-5-9-17(21)22/h2-12,16H,13H2,1H3,(H,20,23)/t16-/m1/s1.